The van der Waals surface area contributed by atoms with Crippen LogP contribution in [0.3, 0.4) is 0 Å². The van der Waals surface area contributed by atoms with Crippen molar-refractivity contribution in [3.8, 4) is 23.0 Å². The lowest BCUT2D eigenvalue weighted by atomic mass is 10.2. The van der Waals surface area contributed by atoms with Crippen molar-refractivity contribution in [2.45, 2.75) is 40.8 Å². The van der Waals surface area contributed by atoms with Crippen LogP contribution >= 0.6 is 0 Å². The Bertz CT molecular complexity index is 1480. The molecule has 0 unspecified atom stereocenters. The second kappa shape index (κ2) is 13.7. The summed E-state index contributed by atoms with van der Waals surface area (Å²) in [5, 5.41) is 0. The molecule has 1 aromatic heterocycles. The Balaban J connectivity index is 0.000000612. The van der Waals surface area contributed by atoms with E-state index in [1.54, 1.807) is 20.5 Å². The monoisotopic (exact) mass is 514 g/mol. The minimum Gasteiger partial charge on any atom is -0.497 e. The van der Waals surface area contributed by atoms with E-state index in [0.717, 1.165) is 22.6 Å². The molecule has 0 fully saturated rings. The molecule has 0 aliphatic carbocycles. The molecular weight excluding hydrogens is 480 g/mol. The zero-order valence-electron chi connectivity index (χ0n) is 22.8. The molecule has 2 aliphatic heterocycles. The van der Waals surface area contributed by atoms with Crippen LogP contribution in [0.25, 0.3) is 22.7 Å². The van der Waals surface area contributed by atoms with Crippen molar-refractivity contribution in [2.75, 3.05) is 14.2 Å². The molecule has 0 radical (unpaired) electrons. The minimum atomic E-state index is -0.375. The molecule has 2 aromatic carbocycles. The topological polar surface area (TPSA) is 96.9 Å². The Morgan fingerprint density at radius 3 is 1.87 bits per heavy atom. The van der Waals surface area contributed by atoms with Gasteiger partial charge in [-0.3, -0.25) is 4.57 Å². The van der Waals surface area contributed by atoms with Gasteiger partial charge in [0, 0.05) is 0 Å². The summed E-state index contributed by atoms with van der Waals surface area (Å²) >= 11 is 0. The molecule has 0 bridgehead atoms. The smallest absolute Gasteiger partial charge is 0.350 e. The van der Waals surface area contributed by atoms with Gasteiger partial charge in [-0.25, -0.2) is 19.7 Å². The van der Waals surface area contributed by atoms with Crippen LogP contribution in [0.1, 0.15) is 38.8 Å². The van der Waals surface area contributed by atoms with Gasteiger partial charge in [0.05, 0.1) is 33.6 Å². The van der Waals surface area contributed by atoms with E-state index < -0.39 is 0 Å². The van der Waals surface area contributed by atoms with Crippen LogP contribution in [0.2, 0.25) is 0 Å². The summed E-state index contributed by atoms with van der Waals surface area (Å²) in [4.78, 5) is 30.3. The lowest BCUT2D eigenvalue weighted by Crippen LogP contribution is -2.17. The lowest BCUT2D eigenvalue weighted by Gasteiger charge is -2.05. The molecule has 198 valence electrons. The Kier molecular flexibility index (Phi) is 10.1. The van der Waals surface area contributed by atoms with Crippen LogP contribution in [0.5, 0.6) is 11.5 Å². The van der Waals surface area contributed by atoms with Crippen LogP contribution in [-0.2, 0) is 13.1 Å². The number of aromatic nitrogens is 6. The van der Waals surface area contributed by atoms with Crippen LogP contribution < -0.4 is 15.2 Å². The van der Waals surface area contributed by atoms with E-state index in [1.165, 1.54) is 10.9 Å². The second-order valence-electron chi connectivity index (χ2n) is 7.93. The van der Waals surface area contributed by atoms with E-state index >= 15 is 0 Å². The highest BCUT2D eigenvalue weighted by Gasteiger charge is 2.21. The molecule has 0 atom stereocenters. The summed E-state index contributed by atoms with van der Waals surface area (Å²) in [7, 11) is 3.25. The average Bonchev–Trinajstić information content (AvgIpc) is 3.44. The van der Waals surface area contributed by atoms with Crippen molar-refractivity contribution in [3.63, 3.8) is 0 Å². The van der Waals surface area contributed by atoms with Gasteiger partial charge in [-0.05, 0) is 49.2 Å². The maximum absolute atomic E-state index is 12.7. The second-order valence-corrected chi connectivity index (χ2v) is 7.93. The van der Waals surface area contributed by atoms with E-state index in [4.69, 9.17) is 9.47 Å². The number of fused-ring (bicyclic) bond motifs is 3. The Morgan fingerprint density at radius 1 is 0.789 bits per heavy atom. The first-order valence-corrected chi connectivity index (χ1v) is 12.5. The highest BCUT2D eigenvalue weighted by atomic mass is 16.5. The number of imidazole rings is 2. The van der Waals surface area contributed by atoms with Crippen molar-refractivity contribution < 1.29 is 9.47 Å². The van der Waals surface area contributed by atoms with Gasteiger partial charge in [0.15, 0.2) is 11.5 Å². The summed E-state index contributed by atoms with van der Waals surface area (Å²) in [5.74, 6) is 2.00. The average molecular weight is 515 g/mol. The predicted octanol–water partition coefficient (Wildman–Crippen LogP) is 5.21. The van der Waals surface area contributed by atoms with Gasteiger partial charge in [-0.1, -0.05) is 50.3 Å². The Labute approximate surface area is 222 Å². The highest BCUT2D eigenvalue weighted by Crippen LogP contribution is 2.24. The SMILES string of the molecule is C/C=C\C.CC.COc1ccc(Cn2c3ncnc4c(ncn4Cc4ccc(OC)cc4)c-3nc2=O)cc1. The normalized spacial score (nSPS) is 10.6. The number of nitrogens with zero attached hydrogens (tertiary/aromatic N) is 6. The van der Waals surface area contributed by atoms with E-state index in [0.29, 0.717) is 35.8 Å². The summed E-state index contributed by atoms with van der Waals surface area (Å²) in [6, 6.07) is 15.3. The number of benzene rings is 2. The largest absolute Gasteiger partial charge is 0.497 e. The number of methoxy groups -OCH3 is 2. The van der Waals surface area contributed by atoms with Crippen molar-refractivity contribution >= 4 is 11.2 Å². The fourth-order valence-electron chi connectivity index (χ4n) is 3.63. The van der Waals surface area contributed by atoms with Crippen molar-refractivity contribution in [1.29, 1.82) is 0 Å². The van der Waals surface area contributed by atoms with E-state index in [9.17, 15) is 4.79 Å². The minimum absolute atomic E-state index is 0.338. The summed E-state index contributed by atoms with van der Waals surface area (Å²) in [6.45, 7) is 8.90. The maximum atomic E-state index is 12.7. The van der Waals surface area contributed by atoms with Crippen LogP contribution in [0.15, 0.2) is 78.1 Å². The van der Waals surface area contributed by atoms with Gasteiger partial charge >= 0.3 is 5.69 Å². The Hall–Kier alpha value is -4.53. The van der Waals surface area contributed by atoms with Crippen molar-refractivity contribution in [3.05, 3.63) is 94.9 Å². The van der Waals surface area contributed by atoms with E-state index in [2.05, 4.69) is 19.9 Å². The third-order valence-electron chi connectivity index (χ3n) is 5.65. The molecule has 2 aliphatic rings. The van der Waals surface area contributed by atoms with E-state index in [-0.39, 0.29) is 5.69 Å². The van der Waals surface area contributed by atoms with Crippen molar-refractivity contribution in [2.24, 2.45) is 0 Å². The van der Waals surface area contributed by atoms with Gasteiger partial charge in [-0.15, -0.1) is 0 Å². The van der Waals surface area contributed by atoms with Crippen LogP contribution in [0.4, 0.5) is 0 Å². The maximum Gasteiger partial charge on any atom is 0.350 e. The molecule has 9 heteroatoms. The van der Waals surface area contributed by atoms with Crippen molar-refractivity contribution in [1.82, 2.24) is 29.1 Å². The van der Waals surface area contributed by atoms with Gasteiger partial charge in [0.1, 0.15) is 29.0 Å². The fraction of sp³-hybridized carbons (Fsp3) is 0.276. The third-order valence-corrected chi connectivity index (χ3v) is 5.65. The first kappa shape index (κ1) is 28.0. The molecule has 0 N–H and O–H groups in total. The summed E-state index contributed by atoms with van der Waals surface area (Å²) < 4.78 is 13.9. The summed E-state index contributed by atoms with van der Waals surface area (Å²) in [5.41, 5.74) is 3.21. The quantitative estimate of drug-likeness (QED) is 0.287. The van der Waals surface area contributed by atoms with Gasteiger partial charge in [-0.2, -0.15) is 4.98 Å². The molecule has 0 saturated heterocycles. The number of ether oxygens (including phenoxy) is 2. The molecule has 0 amide bonds. The van der Waals surface area contributed by atoms with E-state index in [1.807, 2.05) is 92.9 Å². The fourth-order valence-corrected chi connectivity index (χ4v) is 3.63. The Morgan fingerprint density at radius 2 is 1.34 bits per heavy atom. The number of rotatable bonds is 6. The lowest BCUT2D eigenvalue weighted by molar-refractivity contribution is 0.414. The molecule has 0 saturated carbocycles. The number of hydrogen-bond acceptors (Lipinski definition) is 7. The highest BCUT2D eigenvalue weighted by molar-refractivity contribution is 5.85. The summed E-state index contributed by atoms with van der Waals surface area (Å²) in [6.07, 6.45) is 7.15. The molecular formula is C29H34N6O3. The predicted molar refractivity (Wildman–Crippen MR) is 150 cm³/mol. The zero-order valence-corrected chi connectivity index (χ0v) is 22.8. The van der Waals surface area contributed by atoms with Gasteiger partial charge in [0.2, 0.25) is 0 Å². The molecule has 9 nitrogen and oxygen atoms in total. The first-order valence-electron chi connectivity index (χ1n) is 12.5. The molecule has 5 rings (SSSR count). The number of allylic oxidation sites excluding steroid dienone is 2. The number of hydrogen-bond donors (Lipinski definition) is 0. The molecule has 38 heavy (non-hydrogen) atoms. The standard InChI is InChI=1S/C23H20N6O3.C4H8.C2H6/c1-31-17-7-3-15(4-8-17)11-28-14-26-19-20-22(25-13-24-21(19)28)29(23(30)27-20)12-16-5-9-18(32-2)10-6-16;1-3-4-2;1-2/h3-10,13-14H,11-12H2,1-2H3;3-4H,1-2H3;1-2H3/b;4-3-;. The molecule has 0 spiro atoms. The first-order chi connectivity index (χ1) is 18.6. The molecule has 3 aromatic rings. The van der Waals surface area contributed by atoms with Crippen LogP contribution in [-0.4, -0.2) is 43.3 Å². The zero-order chi connectivity index (χ0) is 27.5. The third kappa shape index (κ3) is 6.42. The van der Waals surface area contributed by atoms with Gasteiger partial charge in [0.25, 0.3) is 0 Å². The van der Waals surface area contributed by atoms with Gasteiger partial charge < -0.3 is 14.0 Å². The molecule has 3 heterocycles. The van der Waals surface area contributed by atoms with Crippen LogP contribution in [0, 0.1) is 0 Å².